The molecule has 17 heavy (non-hydrogen) atoms. The molecule has 1 saturated heterocycles. The van der Waals surface area contributed by atoms with E-state index in [2.05, 4.69) is 5.32 Å². The minimum absolute atomic E-state index is 0.0290. The zero-order chi connectivity index (χ0) is 12.8. The summed E-state index contributed by atoms with van der Waals surface area (Å²) in [4.78, 5) is 34.1. The number of hydrogen-bond donors (Lipinski definition) is 2. The summed E-state index contributed by atoms with van der Waals surface area (Å²) < 4.78 is 4.96. The van der Waals surface area contributed by atoms with Gasteiger partial charge in [-0.2, -0.15) is 0 Å². The maximum Gasteiger partial charge on any atom is 0.326 e. The number of nitrogens with one attached hydrogen (secondary N) is 1. The van der Waals surface area contributed by atoms with Crippen molar-refractivity contribution in [3.63, 3.8) is 0 Å². The summed E-state index contributed by atoms with van der Waals surface area (Å²) in [6.07, 6.45) is 0.798. The molecule has 7 nitrogen and oxygen atoms in total. The highest BCUT2D eigenvalue weighted by Crippen LogP contribution is 2.23. The van der Waals surface area contributed by atoms with Crippen LogP contribution in [0.3, 0.4) is 0 Å². The van der Waals surface area contributed by atoms with Crippen LogP contribution in [0.4, 0.5) is 0 Å². The summed E-state index contributed by atoms with van der Waals surface area (Å²) in [5, 5.41) is 11.3. The van der Waals surface area contributed by atoms with E-state index in [1.54, 1.807) is 0 Å². The molecule has 0 aliphatic carbocycles. The van der Waals surface area contributed by atoms with Gasteiger partial charge in [0.05, 0.1) is 13.2 Å². The molecule has 1 aliphatic heterocycles. The molecule has 0 bridgehead atoms. The normalized spacial score (nSPS) is 23.5. The number of carbonyl (C=O) groups excluding carboxylic acids is 2. The Labute approximate surface area is 98.7 Å². The fourth-order valence-corrected chi connectivity index (χ4v) is 2.02. The molecule has 1 rings (SSSR count). The van der Waals surface area contributed by atoms with E-state index in [-0.39, 0.29) is 18.4 Å². The molecule has 0 spiro atoms. The maximum atomic E-state index is 11.7. The zero-order valence-corrected chi connectivity index (χ0v) is 9.59. The SMILES string of the molecule is COCC1CC(C(=O)O)N(C(=O)CNC=O)C1. The van der Waals surface area contributed by atoms with Gasteiger partial charge in [0.1, 0.15) is 6.04 Å². The van der Waals surface area contributed by atoms with Gasteiger partial charge < -0.3 is 20.1 Å². The Morgan fingerprint density at radius 3 is 2.82 bits per heavy atom. The quantitative estimate of drug-likeness (QED) is 0.565. The largest absolute Gasteiger partial charge is 0.480 e. The van der Waals surface area contributed by atoms with Crippen molar-refractivity contribution in [2.45, 2.75) is 12.5 Å². The Morgan fingerprint density at radius 1 is 1.59 bits per heavy atom. The second-order valence-corrected chi connectivity index (χ2v) is 3.96. The summed E-state index contributed by atoms with van der Waals surface area (Å²) >= 11 is 0. The first-order valence-electron chi connectivity index (χ1n) is 5.28. The molecule has 96 valence electrons. The standard InChI is InChI=1S/C10H16N2O5/c1-17-5-7-2-8(10(15)16)12(4-7)9(14)3-11-6-13/h6-8H,2-5H2,1H3,(H,11,13)(H,15,16). The number of aliphatic carboxylic acids is 1. The van der Waals surface area contributed by atoms with Gasteiger partial charge in [-0.25, -0.2) is 4.79 Å². The van der Waals surface area contributed by atoms with Gasteiger partial charge in [-0.1, -0.05) is 0 Å². The first-order valence-corrected chi connectivity index (χ1v) is 5.28. The lowest BCUT2D eigenvalue weighted by molar-refractivity contribution is -0.147. The van der Waals surface area contributed by atoms with Crippen LogP contribution in [0.5, 0.6) is 0 Å². The average molecular weight is 244 g/mol. The Kier molecular flexibility index (Phi) is 4.89. The van der Waals surface area contributed by atoms with Crippen LogP contribution in [0, 0.1) is 5.92 Å². The van der Waals surface area contributed by atoms with Crippen molar-refractivity contribution < 1.29 is 24.2 Å². The number of nitrogens with zero attached hydrogens (tertiary/aromatic N) is 1. The first-order chi connectivity index (χ1) is 8.10. The second-order valence-electron chi connectivity index (χ2n) is 3.96. The number of ether oxygens (including phenoxy) is 1. The van der Waals surface area contributed by atoms with Gasteiger partial charge in [0.25, 0.3) is 0 Å². The van der Waals surface area contributed by atoms with Crippen LogP contribution in [-0.4, -0.2) is 61.1 Å². The fraction of sp³-hybridized carbons (Fsp3) is 0.700. The van der Waals surface area contributed by atoms with E-state index >= 15 is 0 Å². The molecule has 1 heterocycles. The van der Waals surface area contributed by atoms with Crippen LogP contribution in [0.25, 0.3) is 0 Å². The number of carboxylic acid groups (broad SMARTS) is 1. The average Bonchev–Trinajstić information content (AvgIpc) is 2.70. The topological polar surface area (TPSA) is 95.9 Å². The summed E-state index contributed by atoms with van der Waals surface area (Å²) in [7, 11) is 1.54. The van der Waals surface area contributed by atoms with Crippen LogP contribution in [0.15, 0.2) is 0 Å². The van der Waals surface area contributed by atoms with Gasteiger partial charge in [-0.15, -0.1) is 0 Å². The summed E-state index contributed by atoms with van der Waals surface area (Å²) in [6, 6.07) is -0.823. The Morgan fingerprint density at radius 2 is 2.29 bits per heavy atom. The highest BCUT2D eigenvalue weighted by atomic mass is 16.5. The summed E-state index contributed by atoms with van der Waals surface area (Å²) in [5.41, 5.74) is 0. The smallest absolute Gasteiger partial charge is 0.326 e. The van der Waals surface area contributed by atoms with Gasteiger partial charge >= 0.3 is 5.97 Å². The number of likely N-dealkylation sites (tertiary alicyclic amines) is 1. The predicted octanol–water partition coefficient (Wildman–Crippen LogP) is -1.32. The monoisotopic (exact) mass is 244 g/mol. The molecule has 1 fully saturated rings. The molecule has 0 saturated carbocycles. The number of amides is 2. The lowest BCUT2D eigenvalue weighted by Crippen LogP contribution is -2.44. The molecule has 7 heteroatoms. The van der Waals surface area contributed by atoms with Gasteiger partial charge in [-0.3, -0.25) is 9.59 Å². The Bertz CT molecular complexity index is 307. The van der Waals surface area contributed by atoms with Gasteiger partial charge in [0.15, 0.2) is 0 Å². The summed E-state index contributed by atoms with van der Waals surface area (Å²) in [5.74, 6) is -1.38. The molecule has 0 aromatic carbocycles. The predicted molar refractivity (Wildman–Crippen MR) is 57.2 cm³/mol. The van der Waals surface area contributed by atoms with Crippen LogP contribution in [0.1, 0.15) is 6.42 Å². The van der Waals surface area contributed by atoms with Crippen molar-refractivity contribution in [3.05, 3.63) is 0 Å². The first kappa shape index (κ1) is 13.4. The van der Waals surface area contributed by atoms with E-state index in [9.17, 15) is 14.4 Å². The molecular weight excluding hydrogens is 228 g/mol. The highest BCUT2D eigenvalue weighted by molar-refractivity contribution is 5.86. The van der Waals surface area contributed by atoms with Crippen LogP contribution < -0.4 is 5.32 Å². The van der Waals surface area contributed by atoms with Crippen molar-refractivity contribution >= 4 is 18.3 Å². The van der Waals surface area contributed by atoms with Crippen molar-refractivity contribution in [2.75, 3.05) is 26.8 Å². The van der Waals surface area contributed by atoms with Crippen LogP contribution in [0.2, 0.25) is 0 Å². The molecule has 0 aromatic heterocycles. The maximum absolute atomic E-state index is 11.7. The lowest BCUT2D eigenvalue weighted by atomic mass is 10.1. The van der Waals surface area contributed by atoms with E-state index in [1.165, 1.54) is 12.0 Å². The third kappa shape index (κ3) is 3.42. The zero-order valence-electron chi connectivity index (χ0n) is 9.59. The molecule has 2 N–H and O–H groups in total. The van der Waals surface area contributed by atoms with E-state index in [1.807, 2.05) is 0 Å². The second kappa shape index (κ2) is 6.19. The lowest BCUT2D eigenvalue weighted by Gasteiger charge is -2.21. The number of carboxylic acids is 1. The molecule has 2 atom stereocenters. The molecule has 2 unspecified atom stereocenters. The van der Waals surface area contributed by atoms with Crippen molar-refractivity contribution in [1.29, 1.82) is 0 Å². The van der Waals surface area contributed by atoms with Crippen LogP contribution in [-0.2, 0) is 19.1 Å². The highest BCUT2D eigenvalue weighted by Gasteiger charge is 2.39. The van der Waals surface area contributed by atoms with E-state index in [0.717, 1.165) is 0 Å². The molecule has 2 amide bonds. The molecule has 0 aromatic rings. The summed E-state index contributed by atoms with van der Waals surface area (Å²) in [6.45, 7) is 0.603. The number of methoxy groups -OCH3 is 1. The van der Waals surface area contributed by atoms with E-state index in [0.29, 0.717) is 26.0 Å². The van der Waals surface area contributed by atoms with Crippen LogP contribution >= 0.6 is 0 Å². The molecular formula is C10H16N2O5. The third-order valence-corrected chi connectivity index (χ3v) is 2.73. The van der Waals surface area contributed by atoms with Gasteiger partial charge in [0, 0.05) is 19.6 Å². The van der Waals surface area contributed by atoms with Crippen molar-refractivity contribution in [2.24, 2.45) is 5.92 Å². The van der Waals surface area contributed by atoms with Crippen molar-refractivity contribution in [1.82, 2.24) is 10.2 Å². The van der Waals surface area contributed by atoms with E-state index in [4.69, 9.17) is 9.84 Å². The minimum atomic E-state index is -1.02. The van der Waals surface area contributed by atoms with Crippen molar-refractivity contribution in [3.8, 4) is 0 Å². The third-order valence-electron chi connectivity index (χ3n) is 2.73. The Balaban J connectivity index is 2.63. The number of carbonyl (C=O) groups is 3. The number of rotatable bonds is 6. The molecule has 1 aliphatic rings. The van der Waals surface area contributed by atoms with Gasteiger partial charge in [-0.05, 0) is 6.42 Å². The minimum Gasteiger partial charge on any atom is -0.480 e. The molecule has 0 radical (unpaired) electrons. The fourth-order valence-electron chi connectivity index (χ4n) is 2.02. The Hall–Kier alpha value is -1.63. The number of hydrogen-bond acceptors (Lipinski definition) is 4. The van der Waals surface area contributed by atoms with E-state index < -0.39 is 12.0 Å². The van der Waals surface area contributed by atoms with Gasteiger partial charge in [0.2, 0.25) is 12.3 Å².